The van der Waals surface area contributed by atoms with Crippen molar-refractivity contribution in [3.05, 3.63) is 126 Å². The van der Waals surface area contributed by atoms with Crippen LogP contribution in [0.25, 0.3) is 0 Å². The lowest BCUT2D eigenvalue weighted by Gasteiger charge is -2.32. The van der Waals surface area contributed by atoms with Crippen molar-refractivity contribution in [2.24, 2.45) is 0 Å². The van der Waals surface area contributed by atoms with Crippen molar-refractivity contribution in [2.75, 3.05) is 5.32 Å². The molecule has 4 nitrogen and oxygen atoms in total. The molecule has 2 N–H and O–H groups in total. The molecule has 4 rings (SSSR count). The summed E-state index contributed by atoms with van der Waals surface area (Å²) in [7, 11) is 0. The predicted molar refractivity (Wildman–Crippen MR) is 115 cm³/mol. The van der Waals surface area contributed by atoms with Crippen molar-refractivity contribution in [3.8, 4) is 0 Å². The molecule has 2 aromatic heterocycles. The standard InChI is InChI=1S/C25H23N3O/c29-25(20-13-5-2-6-14-20)23(21-15-7-9-17-26-21)24(19-11-3-1-4-12-19)28-22-16-8-10-18-27-22/h1-18,23-25,29H,(H,27,28). The summed E-state index contributed by atoms with van der Waals surface area (Å²) >= 11 is 0. The normalized spacial score (nSPS) is 14.0. The molecular weight excluding hydrogens is 358 g/mol. The van der Waals surface area contributed by atoms with Crippen molar-refractivity contribution in [2.45, 2.75) is 18.1 Å². The molecule has 0 saturated carbocycles. The largest absolute Gasteiger partial charge is 0.388 e. The molecule has 3 atom stereocenters. The molecule has 0 aliphatic heterocycles. The third kappa shape index (κ3) is 4.50. The van der Waals surface area contributed by atoms with E-state index in [1.807, 2.05) is 84.9 Å². The topological polar surface area (TPSA) is 58.0 Å². The van der Waals surface area contributed by atoms with Gasteiger partial charge in [-0.25, -0.2) is 4.98 Å². The number of anilines is 1. The molecule has 4 heteroatoms. The van der Waals surface area contributed by atoms with Gasteiger partial charge in [-0.15, -0.1) is 0 Å². The number of hydrogen-bond acceptors (Lipinski definition) is 4. The molecule has 0 spiro atoms. The van der Waals surface area contributed by atoms with E-state index in [-0.39, 0.29) is 12.0 Å². The molecule has 0 aliphatic carbocycles. The molecule has 0 saturated heterocycles. The number of nitrogens with zero attached hydrogens (tertiary/aromatic N) is 2. The number of rotatable bonds is 7. The van der Waals surface area contributed by atoms with E-state index in [0.717, 1.165) is 22.6 Å². The Balaban J connectivity index is 1.81. The van der Waals surface area contributed by atoms with Gasteiger partial charge < -0.3 is 10.4 Å². The van der Waals surface area contributed by atoms with Gasteiger partial charge in [-0.2, -0.15) is 0 Å². The molecule has 0 radical (unpaired) electrons. The van der Waals surface area contributed by atoms with E-state index in [2.05, 4.69) is 27.4 Å². The first-order valence-corrected chi connectivity index (χ1v) is 9.69. The van der Waals surface area contributed by atoms with Gasteiger partial charge in [0.25, 0.3) is 0 Å². The Bertz CT molecular complexity index is 995. The van der Waals surface area contributed by atoms with Crippen LogP contribution in [0.15, 0.2) is 109 Å². The Morgan fingerprint density at radius 3 is 1.79 bits per heavy atom. The lowest BCUT2D eigenvalue weighted by atomic mass is 9.82. The van der Waals surface area contributed by atoms with Crippen LogP contribution in [0.1, 0.15) is 34.9 Å². The highest BCUT2D eigenvalue weighted by molar-refractivity contribution is 5.41. The summed E-state index contributed by atoms with van der Waals surface area (Å²) in [5.41, 5.74) is 2.73. The van der Waals surface area contributed by atoms with Gasteiger partial charge in [-0.05, 0) is 35.4 Å². The smallest absolute Gasteiger partial charge is 0.126 e. The fourth-order valence-corrected chi connectivity index (χ4v) is 3.59. The number of aliphatic hydroxyl groups excluding tert-OH is 1. The second-order valence-corrected chi connectivity index (χ2v) is 6.88. The van der Waals surface area contributed by atoms with Crippen molar-refractivity contribution in [1.82, 2.24) is 9.97 Å². The zero-order valence-electron chi connectivity index (χ0n) is 16.0. The maximum absolute atomic E-state index is 11.4. The fraction of sp³-hybridized carbons (Fsp3) is 0.120. The van der Waals surface area contributed by atoms with Crippen LogP contribution in [0.3, 0.4) is 0 Å². The average Bonchev–Trinajstić information content (AvgIpc) is 2.81. The number of nitrogens with one attached hydrogen (secondary N) is 1. The predicted octanol–water partition coefficient (Wildman–Crippen LogP) is 5.15. The molecule has 29 heavy (non-hydrogen) atoms. The van der Waals surface area contributed by atoms with Crippen LogP contribution in [0.2, 0.25) is 0 Å². The number of aliphatic hydroxyl groups is 1. The lowest BCUT2D eigenvalue weighted by molar-refractivity contribution is 0.133. The van der Waals surface area contributed by atoms with Crippen LogP contribution in [0.5, 0.6) is 0 Å². The zero-order valence-corrected chi connectivity index (χ0v) is 16.0. The second kappa shape index (κ2) is 9.13. The Morgan fingerprint density at radius 1 is 0.621 bits per heavy atom. The second-order valence-electron chi connectivity index (χ2n) is 6.88. The Hall–Kier alpha value is -3.50. The Labute approximate surface area is 170 Å². The summed E-state index contributed by atoms with van der Waals surface area (Å²) < 4.78 is 0. The van der Waals surface area contributed by atoms with E-state index >= 15 is 0 Å². The summed E-state index contributed by atoms with van der Waals surface area (Å²) in [5, 5.41) is 15.0. The first-order valence-electron chi connectivity index (χ1n) is 9.69. The number of aromatic nitrogens is 2. The maximum atomic E-state index is 11.4. The van der Waals surface area contributed by atoms with Gasteiger partial charge in [-0.3, -0.25) is 4.98 Å². The van der Waals surface area contributed by atoms with Crippen molar-refractivity contribution in [1.29, 1.82) is 0 Å². The van der Waals surface area contributed by atoms with Gasteiger partial charge in [0.2, 0.25) is 0 Å². The van der Waals surface area contributed by atoms with E-state index in [1.165, 1.54) is 0 Å². The highest BCUT2D eigenvalue weighted by Gasteiger charge is 2.33. The van der Waals surface area contributed by atoms with Gasteiger partial charge >= 0.3 is 0 Å². The van der Waals surface area contributed by atoms with Crippen molar-refractivity contribution >= 4 is 5.82 Å². The zero-order chi connectivity index (χ0) is 19.9. The van der Waals surface area contributed by atoms with Crippen LogP contribution >= 0.6 is 0 Å². The quantitative estimate of drug-likeness (QED) is 0.465. The number of pyridine rings is 2. The molecule has 0 aliphatic rings. The summed E-state index contributed by atoms with van der Waals surface area (Å²) in [6.07, 6.45) is 2.78. The molecule has 2 heterocycles. The average molecular weight is 381 g/mol. The SMILES string of the molecule is OC(c1ccccc1)C(c1ccccn1)C(Nc1ccccn1)c1ccccc1. The van der Waals surface area contributed by atoms with E-state index in [4.69, 9.17) is 0 Å². The van der Waals surface area contributed by atoms with Crippen LogP contribution in [0, 0.1) is 0 Å². The third-order valence-corrected chi connectivity index (χ3v) is 5.00. The molecule has 0 amide bonds. The first kappa shape index (κ1) is 18.8. The molecule has 4 aromatic rings. The van der Waals surface area contributed by atoms with E-state index in [1.54, 1.807) is 12.4 Å². The van der Waals surface area contributed by atoms with Crippen LogP contribution in [0.4, 0.5) is 5.82 Å². The molecule has 3 unspecified atom stereocenters. The van der Waals surface area contributed by atoms with Gasteiger partial charge in [0, 0.05) is 18.1 Å². The third-order valence-electron chi connectivity index (χ3n) is 5.00. The molecule has 0 fully saturated rings. The summed E-state index contributed by atoms with van der Waals surface area (Å²) in [4.78, 5) is 9.03. The molecule has 0 bridgehead atoms. The molecule has 2 aromatic carbocycles. The van der Waals surface area contributed by atoms with Crippen LogP contribution in [-0.4, -0.2) is 15.1 Å². The Morgan fingerprint density at radius 2 is 1.21 bits per heavy atom. The minimum atomic E-state index is -0.743. The summed E-state index contributed by atoms with van der Waals surface area (Å²) in [6.45, 7) is 0. The monoisotopic (exact) mass is 381 g/mol. The number of benzene rings is 2. The van der Waals surface area contributed by atoms with E-state index in [0.29, 0.717) is 0 Å². The summed E-state index contributed by atoms with van der Waals surface area (Å²) in [5.74, 6) is 0.436. The lowest BCUT2D eigenvalue weighted by Crippen LogP contribution is -2.26. The minimum absolute atomic E-state index is 0.226. The minimum Gasteiger partial charge on any atom is -0.388 e. The molecular formula is C25H23N3O. The maximum Gasteiger partial charge on any atom is 0.126 e. The van der Waals surface area contributed by atoms with Gasteiger partial charge in [0.05, 0.1) is 18.1 Å². The van der Waals surface area contributed by atoms with Gasteiger partial charge in [0.15, 0.2) is 0 Å². The van der Waals surface area contributed by atoms with E-state index in [9.17, 15) is 5.11 Å². The van der Waals surface area contributed by atoms with E-state index < -0.39 is 6.10 Å². The highest BCUT2D eigenvalue weighted by Crippen LogP contribution is 2.41. The van der Waals surface area contributed by atoms with Crippen molar-refractivity contribution in [3.63, 3.8) is 0 Å². The number of hydrogen-bond donors (Lipinski definition) is 2. The highest BCUT2D eigenvalue weighted by atomic mass is 16.3. The van der Waals surface area contributed by atoms with Gasteiger partial charge in [0.1, 0.15) is 5.82 Å². The Kier molecular flexibility index (Phi) is 5.93. The molecule has 144 valence electrons. The first-order chi connectivity index (χ1) is 14.3. The van der Waals surface area contributed by atoms with Crippen molar-refractivity contribution < 1.29 is 5.11 Å². The van der Waals surface area contributed by atoms with Gasteiger partial charge in [-0.1, -0.05) is 72.8 Å². The summed E-state index contributed by atoms with van der Waals surface area (Å²) in [6, 6.07) is 31.2. The fourth-order valence-electron chi connectivity index (χ4n) is 3.59. The van der Waals surface area contributed by atoms with Crippen LogP contribution < -0.4 is 5.32 Å². The van der Waals surface area contributed by atoms with Crippen LogP contribution in [-0.2, 0) is 0 Å².